The second kappa shape index (κ2) is 8.08. The zero-order valence-corrected chi connectivity index (χ0v) is 13.6. The highest BCUT2D eigenvalue weighted by Crippen LogP contribution is 2.30. The molecule has 0 saturated carbocycles. The van der Waals surface area contributed by atoms with Gasteiger partial charge in [0, 0.05) is 11.8 Å². The maximum Gasteiger partial charge on any atom is 0.262 e. The summed E-state index contributed by atoms with van der Waals surface area (Å²) in [7, 11) is 1.56. The summed E-state index contributed by atoms with van der Waals surface area (Å²) in [6, 6.07) is 12.8. The third kappa shape index (κ3) is 4.64. The molecule has 0 heterocycles. The number of para-hydroxylation sites is 1. The molecule has 0 saturated heterocycles. The van der Waals surface area contributed by atoms with Gasteiger partial charge < -0.3 is 19.5 Å². The first-order chi connectivity index (χ1) is 11.1. The molecule has 0 aromatic heterocycles. The number of rotatable bonds is 7. The molecule has 5 nitrogen and oxygen atoms in total. The van der Waals surface area contributed by atoms with Gasteiger partial charge in [0.05, 0.1) is 13.7 Å². The number of carbonyl (C=O) groups is 1. The van der Waals surface area contributed by atoms with Crippen LogP contribution in [0.1, 0.15) is 12.5 Å². The van der Waals surface area contributed by atoms with Gasteiger partial charge in [-0.2, -0.15) is 0 Å². The van der Waals surface area contributed by atoms with E-state index in [-0.39, 0.29) is 12.5 Å². The summed E-state index contributed by atoms with van der Waals surface area (Å²) in [6.07, 6.45) is 0. The Labute approximate surface area is 136 Å². The topological polar surface area (TPSA) is 56.8 Å². The summed E-state index contributed by atoms with van der Waals surface area (Å²) in [5.74, 6) is 1.68. The molecule has 0 atom stereocenters. The fourth-order valence-electron chi connectivity index (χ4n) is 2.08. The largest absolute Gasteiger partial charge is 0.493 e. The van der Waals surface area contributed by atoms with E-state index in [0.29, 0.717) is 29.5 Å². The van der Waals surface area contributed by atoms with E-state index in [4.69, 9.17) is 14.2 Å². The van der Waals surface area contributed by atoms with Crippen molar-refractivity contribution in [2.75, 3.05) is 25.6 Å². The van der Waals surface area contributed by atoms with Crippen molar-refractivity contribution in [1.82, 2.24) is 0 Å². The van der Waals surface area contributed by atoms with Crippen LogP contribution in [0.4, 0.5) is 5.69 Å². The van der Waals surface area contributed by atoms with Gasteiger partial charge in [-0.05, 0) is 37.6 Å². The van der Waals surface area contributed by atoms with Crippen LogP contribution < -0.4 is 19.5 Å². The third-order valence-electron chi connectivity index (χ3n) is 3.20. The summed E-state index contributed by atoms with van der Waals surface area (Å²) in [6.45, 7) is 4.33. The lowest BCUT2D eigenvalue weighted by Gasteiger charge is -2.12. The molecule has 2 aromatic carbocycles. The zero-order chi connectivity index (χ0) is 16.7. The van der Waals surface area contributed by atoms with E-state index in [0.717, 1.165) is 5.56 Å². The zero-order valence-electron chi connectivity index (χ0n) is 13.6. The fourth-order valence-corrected chi connectivity index (χ4v) is 2.08. The van der Waals surface area contributed by atoms with Crippen LogP contribution in [0.15, 0.2) is 42.5 Å². The van der Waals surface area contributed by atoms with Crippen LogP contribution in [-0.4, -0.2) is 26.2 Å². The van der Waals surface area contributed by atoms with Crippen molar-refractivity contribution in [3.8, 4) is 17.2 Å². The summed E-state index contributed by atoms with van der Waals surface area (Å²) >= 11 is 0. The van der Waals surface area contributed by atoms with Gasteiger partial charge in [0.1, 0.15) is 5.75 Å². The average Bonchev–Trinajstić information content (AvgIpc) is 2.55. The van der Waals surface area contributed by atoms with Gasteiger partial charge in [0.15, 0.2) is 18.1 Å². The molecule has 2 rings (SSSR count). The normalized spacial score (nSPS) is 10.0. The Kier molecular flexibility index (Phi) is 5.86. The van der Waals surface area contributed by atoms with Crippen molar-refractivity contribution in [1.29, 1.82) is 0 Å². The predicted octanol–water partition coefficient (Wildman–Crippen LogP) is 3.42. The fraction of sp³-hybridized carbons (Fsp3) is 0.278. The molecule has 0 unspecified atom stereocenters. The number of ether oxygens (including phenoxy) is 3. The first-order valence-corrected chi connectivity index (χ1v) is 7.43. The molecule has 0 aliphatic rings. The van der Waals surface area contributed by atoms with Gasteiger partial charge in [-0.3, -0.25) is 4.79 Å². The van der Waals surface area contributed by atoms with Gasteiger partial charge in [-0.1, -0.05) is 18.2 Å². The van der Waals surface area contributed by atoms with Crippen molar-refractivity contribution in [3.05, 3.63) is 48.0 Å². The van der Waals surface area contributed by atoms with E-state index in [1.165, 1.54) is 0 Å². The molecule has 23 heavy (non-hydrogen) atoms. The minimum absolute atomic E-state index is 0.0552. The van der Waals surface area contributed by atoms with Crippen LogP contribution in [0.25, 0.3) is 0 Å². The molecule has 0 aliphatic heterocycles. The highest BCUT2D eigenvalue weighted by molar-refractivity contribution is 5.92. The second-order valence-electron chi connectivity index (χ2n) is 4.90. The van der Waals surface area contributed by atoms with Crippen molar-refractivity contribution in [2.24, 2.45) is 0 Å². The lowest BCUT2D eigenvalue weighted by Crippen LogP contribution is -2.20. The van der Waals surface area contributed by atoms with Crippen molar-refractivity contribution < 1.29 is 19.0 Å². The van der Waals surface area contributed by atoms with Crippen LogP contribution in [-0.2, 0) is 4.79 Å². The maximum atomic E-state index is 12.0. The third-order valence-corrected chi connectivity index (χ3v) is 3.20. The summed E-state index contributed by atoms with van der Waals surface area (Å²) in [5, 5.41) is 2.78. The number of hydrogen-bond donors (Lipinski definition) is 1. The van der Waals surface area contributed by atoms with Crippen molar-refractivity contribution >= 4 is 11.6 Å². The number of benzene rings is 2. The molecule has 1 N–H and O–H groups in total. The van der Waals surface area contributed by atoms with Gasteiger partial charge in [-0.15, -0.1) is 0 Å². The monoisotopic (exact) mass is 315 g/mol. The quantitative estimate of drug-likeness (QED) is 0.850. The molecule has 0 fully saturated rings. The van der Waals surface area contributed by atoms with Crippen molar-refractivity contribution in [3.63, 3.8) is 0 Å². The Balaban J connectivity index is 1.96. The Morgan fingerprint density at radius 2 is 1.83 bits per heavy atom. The van der Waals surface area contributed by atoms with Gasteiger partial charge in [0.2, 0.25) is 0 Å². The summed E-state index contributed by atoms with van der Waals surface area (Å²) < 4.78 is 16.2. The molecule has 0 spiro atoms. The molecular weight excluding hydrogens is 294 g/mol. The molecule has 122 valence electrons. The number of carbonyl (C=O) groups excluding carboxylic acids is 1. The Morgan fingerprint density at radius 1 is 1.04 bits per heavy atom. The van der Waals surface area contributed by atoms with Crippen LogP contribution in [0.2, 0.25) is 0 Å². The van der Waals surface area contributed by atoms with E-state index in [1.54, 1.807) is 25.3 Å². The Bertz CT molecular complexity index is 670. The Hall–Kier alpha value is -2.69. The van der Waals surface area contributed by atoms with E-state index >= 15 is 0 Å². The summed E-state index contributed by atoms with van der Waals surface area (Å²) in [5.41, 5.74) is 1.62. The highest BCUT2D eigenvalue weighted by Gasteiger charge is 2.09. The number of aryl methyl sites for hydroxylation is 1. The minimum Gasteiger partial charge on any atom is -0.493 e. The average molecular weight is 315 g/mol. The molecular formula is C18H21NO4. The molecule has 0 aliphatic carbocycles. The summed E-state index contributed by atoms with van der Waals surface area (Å²) in [4.78, 5) is 12.0. The van der Waals surface area contributed by atoms with E-state index < -0.39 is 0 Å². The number of methoxy groups -OCH3 is 1. The van der Waals surface area contributed by atoms with Crippen LogP contribution in [0.3, 0.4) is 0 Å². The lowest BCUT2D eigenvalue weighted by molar-refractivity contribution is -0.118. The van der Waals surface area contributed by atoms with Crippen LogP contribution >= 0.6 is 0 Å². The second-order valence-corrected chi connectivity index (χ2v) is 4.90. The van der Waals surface area contributed by atoms with Crippen LogP contribution in [0, 0.1) is 6.92 Å². The highest BCUT2D eigenvalue weighted by atomic mass is 16.5. The number of hydrogen-bond acceptors (Lipinski definition) is 4. The Morgan fingerprint density at radius 3 is 2.52 bits per heavy atom. The molecule has 0 radical (unpaired) electrons. The predicted molar refractivity (Wildman–Crippen MR) is 89.5 cm³/mol. The minimum atomic E-state index is -0.237. The molecule has 0 bridgehead atoms. The number of anilines is 1. The molecule has 5 heteroatoms. The van der Waals surface area contributed by atoms with E-state index in [9.17, 15) is 4.79 Å². The van der Waals surface area contributed by atoms with Gasteiger partial charge >= 0.3 is 0 Å². The first kappa shape index (κ1) is 16.7. The van der Waals surface area contributed by atoms with Crippen LogP contribution in [0.5, 0.6) is 17.2 Å². The molecule has 2 aromatic rings. The van der Waals surface area contributed by atoms with Gasteiger partial charge in [0.25, 0.3) is 5.91 Å². The number of amides is 1. The standard InChI is InChI=1S/C18H21NO4/c1-4-22-16-10-9-14(11-17(16)21-3)19-18(20)12-23-15-8-6-5-7-13(15)2/h5-11H,4,12H2,1-3H3,(H,19,20). The van der Waals surface area contributed by atoms with Crippen molar-refractivity contribution in [2.45, 2.75) is 13.8 Å². The smallest absolute Gasteiger partial charge is 0.262 e. The van der Waals surface area contributed by atoms with E-state index in [2.05, 4.69) is 5.32 Å². The SMILES string of the molecule is CCOc1ccc(NC(=O)COc2ccccc2C)cc1OC. The van der Waals surface area contributed by atoms with Gasteiger partial charge in [-0.25, -0.2) is 0 Å². The maximum absolute atomic E-state index is 12.0. The first-order valence-electron chi connectivity index (χ1n) is 7.43. The number of nitrogens with one attached hydrogen (secondary N) is 1. The molecule has 1 amide bonds. The van der Waals surface area contributed by atoms with E-state index in [1.807, 2.05) is 38.1 Å². The lowest BCUT2D eigenvalue weighted by atomic mass is 10.2.